The van der Waals surface area contributed by atoms with Gasteiger partial charge in [-0.3, -0.25) is 0 Å². The van der Waals surface area contributed by atoms with Gasteiger partial charge in [0.1, 0.15) is 12.4 Å². The fraction of sp³-hybridized carbons (Fsp3) is 0.250. The van der Waals surface area contributed by atoms with Crippen LogP contribution in [0, 0.1) is 0 Å². The number of rotatable bonds is 10. The lowest BCUT2D eigenvalue weighted by Gasteiger charge is -2.14. The zero-order chi connectivity index (χ0) is 22.2. The Bertz CT molecular complexity index is 1010. The molecule has 7 heteroatoms. The Morgan fingerprint density at radius 3 is 2.23 bits per heavy atom. The van der Waals surface area contributed by atoms with Crippen molar-refractivity contribution in [1.29, 1.82) is 0 Å². The monoisotopic (exact) mass is 479 g/mol. The summed E-state index contributed by atoms with van der Waals surface area (Å²) in [6, 6.07) is 16.9. The van der Waals surface area contributed by atoms with E-state index in [-0.39, 0.29) is 6.61 Å². The van der Waals surface area contributed by atoms with Crippen LogP contribution in [0.4, 0.5) is 0 Å². The third kappa shape index (κ3) is 6.44. The Morgan fingerprint density at radius 2 is 1.52 bits per heavy atom. The molecule has 0 amide bonds. The Hall–Kier alpha value is -2.11. The molecule has 0 aliphatic heterocycles. The molecular formula is C24H24Cl3NO3. The van der Waals surface area contributed by atoms with Crippen molar-refractivity contribution in [3.8, 4) is 17.2 Å². The summed E-state index contributed by atoms with van der Waals surface area (Å²) < 4.78 is 16.7. The van der Waals surface area contributed by atoms with Crippen molar-refractivity contribution in [3.63, 3.8) is 0 Å². The van der Waals surface area contributed by atoms with Crippen molar-refractivity contribution < 1.29 is 14.2 Å². The minimum atomic E-state index is 0.277. The molecule has 31 heavy (non-hydrogen) atoms. The molecule has 0 bridgehead atoms. The second-order valence-corrected chi connectivity index (χ2v) is 8.11. The minimum Gasteiger partial charge on any atom is -0.493 e. The fourth-order valence-corrected chi connectivity index (χ4v) is 3.84. The van der Waals surface area contributed by atoms with Gasteiger partial charge in [-0.2, -0.15) is 0 Å². The molecule has 3 aromatic rings. The van der Waals surface area contributed by atoms with Crippen LogP contribution in [0.15, 0.2) is 54.6 Å². The first-order chi connectivity index (χ1) is 15.0. The molecule has 0 spiro atoms. The summed E-state index contributed by atoms with van der Waals surface area (Å²) in [5.74, 6) is 2.18. The maximum absolute atomic E-state index is 6.25. The lowest BCUT2D eigenvalue weighted by Crippen LogP contribution is -2.17. The van der Waals surface area contributed by atoms with Crippen LogP contribution in [0.1, 0.15) is 16.7 Å². The third-order valence-corrected chi connectivity index (χ3v) is 5.75. The van der Waals surface area contributed by atoms with E-state index in [1.54, 1.807) is 32.4 Å². The molecule has 0 aliphatic rings. The van der Waals surface area contributed by atoms with Crippen molar-refractivity contribution in [1.82, 2.24) is 5.32 Å². The zero-order valence-electron chi connectivity index (χ0n) is 17.4. The smallest absolute Gasteiger partial charge is 0.160 e. The van der Waals surface area contributed by atoms with Gasteiger partial charge >= 0.3 is 0 Å². The van der Waals surface area contributed by atoms with Gasteiger partial charge in [-0.1, -0.05) is 46.9 Å². The quantitative estimate of drug-likeness (QED) is 0.333. The van der Waals surface area contributed by atoms with E-state index in [2.05, 4.69) is 5.32 Å². The standard InChI is InChI=1S/C24H24Cl3NO3/c1-29-23-8-6-16(12-24(23)30-2)10-11-28-14-17-13-18(25)7-9-22(17)31-15-19-20(26)4-3-5-21(19)27/h3-9,12-13,28H,10-11,14-15H2,1-2H3. The van der Waals surface area contributed by atoms with E-state index in [1.807, 2.05) is 36.4 Å². The van der Waals surface area contributed by atoms with Crippen molar-refractivity contribution in [3.05, 3.63) is 86.4 Å². The van der Waals surface area contributed by atoms with Gasteiger partial charge in [0, 0.05) is 32.7 Å². The highest BCUT2D eigenvalue weighted by Crippen LogP contribution is 2.29. The largest absolute Gasteiger partial charge is 0.493 e. The molecule has 0 saturated heterocycles. The van der Waals surface area contributed by atoms with Crippen LogP contribution in [0.3, 0.4) is 0 Å². The molecule has 164 valence electrons. The van der Waals surface area contributed by atoms with Crippen molar-refractivity contribution in [2.45, 2.75) is 19.6 Å². The van der Waals surface area contributed by atoms with Gasteiger partial charge in [-0.05, 0) is 61.0 Å². The number of ether oxygens (including phenoxy) is 3. The molecule has 0 atom stereocenters. The lowest BCUT2D eigenvalue weighted by atomic mass is 10.1. The molecule has 1 N–H and O–H groups in total. The summed E-state index contributed by atoms with van der Waals surface area (Å²) in [6.07, 6.45) is 0.840. The van der Waals surface area contributed by atoms with Crippen LogP contribution < -0.4 is 19.5 Å². The van der Waals surface area contributed by atoms with E-state index in [9.17, 15) is 0 Å². The van der Waals surface area contributed by atoms with E-state index in [0.717, 1.165) is 46.9 Å². The first kappa shape index (κ1) is 23.6. The van der Waals surface area contributed by atoms with Crippen molar-refractivity contribution in [2.75, 3.05) is 20.8 Å². The van der Waals surface area contributed by atoms with Gasteiger partial charge in [0.05, 0.1) is 14.2 Å². The van der Waals surface area contributed by atoms with Gasteiger partial charge in [0.2, 0.25) is 0 Å². The molecule has 0 unspecified atom stereocenters. The van der Waals surface area contributed by atoms with Crippen LogP contribution in [0.25, 0.3) is 0 Å². The highest BCUT2D eigenvalue weighted by molar-refractivity contribution is 6.36. The van der Waals surface area contributed by atoms with E-state index < -0.39 is 0 Å². The summed E-state index contributed by atoms with van der Waals surface area (Å²) >= 11 is 18.7. The average Bonchev–Trinajstić information content (AvgIpc) is 2.77. The van der Waals surface area contributed by atoms with Crippen LogP contribution in [-0.2, 0) is 19.6 Å². The van der Waals surface area contributed by atoms with Crippen LogP contribution in [0.2, 0.25) is 15.1 Å². The normalized spacial score (nSPS) is 10.7. The van der Waals surface area contributed by atoms with Gasteiger partial charge < -0.3 is 19.5 Å². The molecule has 4 nitrogen and oxygen atoms in total. The van der Waals surface area contributed by atoms with Crippen LogP contribution >= 0.6 is 34.8 Å². The Morgan fingerprint density at radius 1 is 0.806 bits per heavy atom. The van der Waals surface area contributed by atoms with Crippen molar-refractivity contribution in [2.24, 2.45) is 0 Å². The first-order valence-corrected chi connectivity index (χ1v) is 10.9. The second kappa shape index (κ2) is 11.5. The van der Waals surface area contributed by atoms with Gasteiger partial charge in [0.15, 0.2) is 11.5 Å². The van der Waals surface area contributed by atoms with E-state index in [1.165, 1.54) is 0 Å². The predicted octanol–water partition coefficient (Wildman–Crippen LogP) is 6.58. The molecule has 0 aromatic heterocycles. The third-order valence-electron chi connectivity index (χ3n) is 4.81. The maximum atomic E-state index is 6.25. The molecule has 3 aromatic carbocycles. The summed E-state index contributed by atoms with van der Waals surface area (Å²) in [5.41, 5.74) is 2.87. The Balaban J connectivity index is 1.60. The van der Waals surface area contributed by atoms with Crippen LogP contribution in [-0.4, -0.2) is 20.8 Å². The summed E-state index contributed by atoms with van der Waals surface area (Å²) in [7, 11) is 3.26. The molecule has 0 fully saturated rings. The van der Waals surface area contributed by atoms with Gasteiger partial charge in [-0.15, -0.1) is 0 Å². The Labute approximate surface area is 198 Å². The van der Waals surface area contributed by atoms with Crippen LogP contribution in [0.5, 0.6) is 17.2 Å². The van der Waals surface area contributed by atoms with E-state index in [0.29, 0.717) is 21.6 Å². The SMILES string of the molecule is COc1ccc(CCNCc2cc(Cl)ccc2OCc2c(Cl)cccc2Cl)cc1OC. The van der Waals surface area contributed by atoms with Gasteiger partial charge in [-0.25, -0.2) is 0 Å². The fourth-order valence-electron chi connectivity index (χ4n) is 3.14. The number of hydrogen-bond acceptors (Lipinski definition) is 4. The lowest BCUT2D eigenvalue weighted by molar-refractivity contribution is 0.302. The molecule has 0 heterocycles. The average molecular weight is 481 g/mol. The number of methoxy groups -OCH3 is 2. The molecular weight excluding hydrogens is 457 g/mol. The maximum Gasteiger partial charge on any atom is 0.160 e. The summed E-state index contributed by atoms with van der Waals surface area (Å²) in [6.45, 7) is 1.66. The second-order valence-electron chi connectivity index (χ2n) is 6.86. The van der Waals surface area contributed by atoms with Crippen molar-refractivity contribution >= 4 is 34.8 Å². The minimum absolute atomic E-state index is 0.277. The van der Waals surface area contributed by atoms with Gasteiger partial charge in [0.25, 0.3) is 0 Å². The molecule has 0 radical (unpaired) electrons. The highest BCUT2D eigenvalue weighted by Gasteiger charge is 2.10. The molecule has 0 saturated carbocycles. The first-order valence-electron chi connectivity index (χ1n) is 9.77. The topological polar surface area (TPSA) is 39.7 Å². The number of nitrogens with one attached hydrogen (secondary N) is 1. The highest BCUT2D eigenvalue weighted by atomic mass is 35.5. The van der Waals surface area contributed by atoms with E-state index >= 15 is 0 Å². The summed E-state index contributed by atoms with van der Waals surface area (Å²) in [4.78, 5) is 0. The zero-order valence-corrected chi connectivity index (χ0v) is 19.7. The molecule has 0 aliphatic carbocycles. The Kier molecular flexibility index (Phi) is 8.73. The number of halogens is 3. The summed E-state index contributed by atoms with van der Waals surface area (Å²) in [5, 5.41) is 5.25. The molecule has 3 rings (SSSR count). The van der Waals surface area contributed by atoms with E-state index in [4.69, 9.17) is 49.0 Å². The number of hydrogen-bond donors (Lipinski definition) is 1. The number of benzene rings is 3. The predicted molar refractivity (Wildman–Crippen MR) is 127 cm³/mol.